The summed E-state index contributed by atoms with van der Waals surface area (Å²) in [7, 11) is 0. The first-order valence-electron chi connectivity index (χ1n) is 8.20. The van der Waals surface area contributed by atoms with E-state index in [1.165, 1.54) is 6.07 Å². The molecule has 0 bridgehead atoms. The smallest absolute Gasteiger partial charge is 0.292 e. The van der Waals surface area contributed by atoms with Crippen LogP contribution in [0.1, 0.15) is 12.8 Å². The fourth-order valence-corrected chi connectivity index (χ4v) is 3.38. The molecule has 1 aliphatic rings. The van der Waals surface area contributed by atoms with Crippen LogP contribution in [-0.2, 0) is 4.79 Å². The summed E-state index contributed by atoms with van der Waals surface area (Å²) in [6.45, 7) is 1.18. The molecule has 1 N–H and O–H groups in total. The number of carbonyl (C=O) groups is 1. The molecule has 0 atom stereocenters. The van der Waals surface area contributed by atoms with E-state index >= 15 is 0 Å². The summed E-state index contributed by atoms with van der Waals surface area (Å²) in [5.41, 5.74) is 1.29. The number of halogens is 2. The minimum atomic E-state index is -0.377. The first-order valence-corrected chi connectivity index (χ1v) is 8.95. The summed E-state index contributed by atoms with van der Waals surface area (Å²) >= 11 is 11.8. The van der Waals surface area contributed by atoms with Crippen molar-refractivity contribution in [3.8, 4) is 0 Å². The van der Waals surface area contributed by atoms with Crippen LogP contribution in [0.3, 0.4) is 0 Å². The lowest BCUT2D eigenvalue weighted by atomic mass is 9.95. The van der Waals surface area contributed by atoms with Crippen molar-refractivity contribution in [2.45, 2.75) is 12.8 Å². The number of carbonyl (C=O) groups excluding carboxylic acids is 1. The number of para-hydroxylation sites is 2. The van der Waals surface area contributed by atoms with Crippen LogP contribution in [0.15, 0.2) is 42.5 Å². The number of nitro groups is 1. The van der Waals surface area contributed by atoms with Crippen molar-refractivity contribution in [1.82, 2.24) is 0 Å². The van der Waals surface area contributed by atoms with Gasteiger partial charge < -0.3 is 10.2 Å². The van der Waals surface area contributed by atoms with E-state index < -0.39 is 0 Å². The highest BCUT2D eigenvalue weighted by atomic mass is 35.5. The van der Waals surface area contributed by atoms with Crippen LogP contribution >= 0.6 is 23.2 Å². The van der Waals surface area contributed by atoms with Crippen LogP contribution in [0.4, 0.5) is 17.1 Å². The SMILES string of the molecule is O=C(Nc1ccc(Cl)c(Cl)c1)C1CCN(c2ccccc2[N+](=O)[O-])CC1. The Labute approximate surface area is 160 Å². The zero-order valence-corrected chi connectivity index (χ0v) is 15.3. The van der Waals surface area contributed by atoms with E-state index in [1.54, 1.807) is 36.4 Å². The van der Waals surface area contributed by atoms with Crippen molar-refractivity contribution in [3.63, 3.8) is 0 Å². The number of hydrogen-bond donors (Lipinski definition) is 1. The Hall–Kier alpha value is -2.31. The van der Waals surface area contributed by atoms with Crippen molar-refractivity contribution < 1.29 is 9.72 Å². The summed E-state index contributed by atoms with van der Waals surface area (Å²) in [4.78, 5) is 25.2. The lowest BCUT2D eigenvalue weighted by Crippen LogP contribution is -2.38. The minimum Gasteiger partial charge on any atom is -0.366 e. The van der Waals surface area contributed by atoms with E-state index in [0.29, 0.717) is 47.4 Å². The normalized spacial score (nSPS) is 14.9. The van der Waals surface area contributed by atoms with E-state index in [2.05, 4.69) is 5.32 Å². The summed E-state index contributed by atoms with van der Waals surface area (Å²) in [5, 5.41) is 14.9. The highest BCUT2D eigenvalue weighted by Crippen LogP contribution is 2.32. The van der Waals surface area contributed by atoms with Crippen LogP contribution in [0.2, 0.25) is 10.0 Å². The quantitative estimate of drug-likeness (QED) is 0.600. The van der Waals surface area contributed by atoms with Gasteiger partial charge in [-0.2, -0.15) is 0 Å². The van der Waals surface area contributed by atoms with Gasteiger partial charge in [-0.05, 0) is 37.1 Å². The molecule has 1 amide bonds. The number of nitrogens with one attached hydrogen (secondary N) is 1. The van der Waals surface area contributed by atoms with E-state index in [1.807, 2.05) is 4.90 Å². The zero-order valence-electron chi connectivity index (χ0n) is 13.8. The van der Waals surface area contributed by atoms with Crippen molar-refractivity contribution in [2.24, 2.45) is 5.92 Å². The number of anilines is 2. The summed E-state index contributed by atoms with van der Waals surface area (Å²) in [6.07, 6.45) is 1.25. The standard InChI is InChI=1S/C18H17Cl2N3O3/c19-14-6-5-13(11-15(14)20)21-18(24)12-7-9-22(10-8-12)16-3-1-2-4-17(16)23(25)26/h1-6,11-12H,7-10H2,(H,21,24). The van der Waals surface area contributed by atoms with Crippen LogP contribution < -0.4 is 10.2 Å². The Kier molecular flexibility index (Phi) is 5.64. The number of nitro benzene ring substituents is 1. The van der Waals surface area contributed by atoms with Gasteiger partial charge in [0.25, 0.3) is 5.69 Å². The Bertz CT molecular complexity index is 836. The van der Waals surface area contributed by atoms with Gasteiger partial charge in [0, 0.05) is 30.8 Å². The molecule has 1 heterocycles. The Morgan fingerprint density at radius 3 is 2.46 bits per heavy atom. The maximum Gasteiger partial charge on any atom is 0.292 e. The first-order chi connectivity index (χ1) is 12.5. The molecule has 1 aliphatic heterocycles. The number of nitrogens with zero attached hydrogens (tertiary/aromatic N) is 2. The van der Waals surface area contributed by atoms with Crippen LogP contribution in [0, 0.1) is 16.0 Å². The Morgan fingerprint density at radius 1 is 1.12 bits per heavy atom. The predicted octanol–water partition coefficient (Wildman–Crippen LogP) is 4.76. The van der Waals surface area contributed by atoms with Crippen molar-refractivity contribution >= 4 is 46.2 Å². The fraction of sp³-hybridized carbons (Fsp3) is 0.278. The van der Waals surface area contributed by atoms with Crippen molar-refractivity contribution in [2.75, 3.05) is 23.3 Å². The molecule has 2 aromatic rings. The molecule has 0 saturated carbocycles. The van der Waals surface area contributed by atoms with E-state index in [9.17, 15) is 14.9 Å². The maximum atomic E-state index is 12.5. The predicted molar refractivity (Wildman–Crippen MR) is 103 cm³/mol. The van der Waals surface area contributed by atoms with Gasteiger partial charge >= 0.3 is 0 Å². The second-order valence-corrected chi connectivity index (χ2v) is 6.94. The summed E-state index contributed by atoms with van der Waals surface area (Å²) in [5.74, 6) is -0.228. The molecule has 3 rings (SSSR count). The number of rotatable bonds is 4. The minimum absolute atomic E-state index is 0.0781. The van der Waals surface area contributed by atoms with E-state index in [4.69, 9.17) is 23.2 Å². The van der Waals surface area contributed by atoms with Gasteiger partial charge in [-0.1, -0.05) is 35.3 Å². The third-order valence-corrected chi connectivity index (χ3v) is 5.21. The molecular formula is C18H17Cl2N3O3. The fourth-order valence-electron chi connectivity index (χ4n) is 3.09. The zero-order chi connectivity index (χ0) is 18.7. The van der Waals surface area contributed by atoms with Crippen molar-refractivity contribution in [1.29, 1.82) is 0 Å². The van der Waals surface area contributed by atoms with Gasteiger partial charge in [0.1, 0.15) is 5.69 Å². The van der Waals surface area contributed by atoms with Gasteiger partial charge in [0.05, 0.1) is 15.0 Å². The molecule has 26 heavy (non-hydrogen) atoms. The number of hydrogen-bond acceptors (Lipinski definition) is 4. The number of amides is 1. The van der Waals surface area contributed by atoms with E-state index in [0.717, 1.165) is 0 Å². The van der Waals surface area contributed by atoms with Crippen molar-refractivity contribution in [3.05, 3.63) is 62.6 Å². The molecule has 0 spiro atoms. The van der Waals surface area contributed by atoms with Crippen LogP contribution in [0.5, 0.6) is 0 Å². The summed E-state index contributed by atoms with van der Waals surface area (Å²) in [6, 6.07) is 11.6. The van der Waals surface area contributed by atoms with Gasteiger partial charge in [-0.3, -0.25) is 14.9 Å². The largest absolute Gasteiger partial charge is 0.366 e. The van der Waals surface area contributed by atoms with E-state index in [-0.39, 0.29) is 22.4 Å². The molecule has 8 heteroatoms. The maximum absolute atomic E-state index is 12.5. The second kappa shape index (κ2) is 7.93. The second-order valence-electron chi connectivity index (χ2n) is 6.13. The topological polar surface area (TPSA) is 75.5 Å². The lowest BCUT2D eigenvalue weighted by Gasteiger charge is -2.32. The number of benzene rings is 2. The van der Waals surface area contributed by atoms with Gasteiger partial charge in [0.15, 0.2) is 0 Å². The highest BCUT2D eigenvalue weighted by molar-refractivity contribution is 6.42. The molecule has 0 aliphatic carbocycles. The Balaban J connectivity index is 1.62. The molecular weight excluding hydrogens is 377 g/mol. The molecule has 1 saturated heterocycles. The van der Waals surface area contributed by atoms with Crippen LogP contribution in [0.25, 0.3) is 0 Å². The monoisotopic (exact) mass is 393 g/mol. The molecule has 0 radical (unpaired) electrons. The lowest BCUT2D eigenvalue weighted by molar-refractivity contribution is -0.384. The molecule has 2 aromatic carbocycles. The van der Waals surface area contributed by atoms with Crippen LogP contribution in [-0.4, -0.2) is 23.9 Å². The van der Waals surface area contributed by atoms with Gasteiger partial charge in [-0.25, -0.2) is 0 Å². The molecule has 0 aromatic heterocycles. The third-order valence-electron chi connectivity index (χ3n) is 4.47. The van der Waals surface area contributed by atoms with Gasteiger partial charge in [-0.15, -0.1) is 0 Å². The summed E-state index contributed by atoms with van der Waals surface area (Å²) < 4.78 is 0. The molecule has 1 fully saturated rings. The van der Waals surface area contributed by atoms with Gasteiger partial charge in [0.2, 0.25) is 5.91 Å². The third kappa shape index (κ3) is 4.08. The molecule has 0 unspecified atom stereocenters. The Morgan fingerprint density at radius 2 is 1.81 bits per heavy atom. The average Bonchev–Trinajstić information content (AvgIpc) is 2.65. The number of piperidine rings is 1. The molecule has 6 nitrogen and oxygen atoms in total. The molecule has 136 valence electrons. The average molecular weight is 394 g/mol. The first kappa shape index (κ1) is 18.5. The highest BCUT2D eigenvalue weighted by Gasteiger charge is 2.28.